The molecule has 0 radical (unpaired) electrons. The molecule has 3 heterocycles. The highest BCUT2D eigenvalue weighted by Crippen LogP contribution is 2.37. The molecule has 0 aliphatic carbocycles. The summed E-state index contributed by atoms with van der Waals surface area (Å²) >= 11 is 1.28. The van der Waals surface area contributed by atoms with Gasteiger partial charge in [-0.15, -0.1) is 0 Å². The van der Waals surface area contributed by atoms with Crippen LogP contribution in [0.3, 0.4) is 0 Å². The Kier molecular flexibility index (Phi) is 3.36. The van der Waals surface area contributed by atoms with Gasteiger partial charge in [0.2, 0.25) is 0 Å². The molecule has 122 valence electrons. The topological polar surface area (TPSA) is 97.5 Å². The number of aromatic nitrogens is 4. The van der Waals surface area contributed by atoms with E-state index in [2.05, 4.69) is 20.2 Å². The number of nitrogen functional groups attached to an aromatic ring is 1. The molecular formula is C15H12FN5OS2. The highest BCUT2D eigenvalue weighted by Gasteiger charge is 2.22. The van der Waals surface area contributed by atoms with Gasteiger partial charge in [0.25, 0.3) is 0 Å². The van der Waals surface area contributed by atoms with Crippen molar-refractivity contribution in [2.24, 2.45) is 0 Å². The standard InChI is InChI=1S/C15H12FN5OS2/c1-6-10(8-3-4-9-14(19-8)23-15(17)20-9)7-5-18-21-12(7)13(11(6)16)24(2)22/h3-5H,1-2H3,(H2,17,20)(H,18,21). The molecular weight excluding hydrogens is 349 g/mol. The zero-order valence-electron chi connectivity index (χ0n) is 12.8. The largest absolute Gasteiger partial charge is 0.375 e. The molecule has 0 fully saturated rings. The van der Waals surface area contributed by atoms with Crippen LogP contribution < -0.4 is 5.73 Å². The lowest BCUT2D eigenvalue weighted by molar-refractivity contribution is 0.591. The molecule has 1 aromatic carbocycles. The maximum atomic E-state index is 14.8. The molecule has 0 aliphatic heterocycles. The molecule has 4 rings (SSSR count). The molecule has 1 unspecified atom stereocenters. The number of fused-ring (bicyclic) bond motifs is 2. The van der Waals surface area contributed by atoms with Crippen molar-refractivity contribution in [3.63, 3.8) is 0 Å². The van der Waals surface area contributed by atoms with Crippen LogP contribution in [-0.4, -0.2) is 30.6 Å². The number of H-pyrrole nitrogens is 1. The average molecular weight is 361 g/mol. The number of thiazole rings is 1. The summed E-state index contributed by atoms with van der Waals surface area (Å²) in [7, 11) is -1.48. The van der Waals surface area contributed by atoms with Crippen LogP contribution in [0.2, 0.25) is 0 Å². The SMILES string of the molecule is Cc1c(F)c(S(C)=O)c2[nH]ncc2c1-c1ccc2nc(N)sc2n1. The molecule has 9 heteroatoms. The second kappa shape index (κ2) is 5.32. The van der Waals surface area contributed by atoms with Gasteiger partial charge in [0, 0.05) is 17.2 Å². The molecule has 0 spiro atoms. The summed E-state index contributed by atoms with van der Waals surface area (Å²) in [5.74, 6) is -0.506. The molecule has 0 saturated heterocycles. The third kappa shape index (κ3) is 2.12. The highest BCUT2D eigenvalue weighted by molar-refractivity contribution is 7.84. The van der Waals surface area contributed by atoms with E-state index in [0.717, 1.165) is 0 Å². The lowest BCUT2D eigenvalue weighted by atomic mass is 10.00. The van der Waals surface area contributed by atoms with Crippen molar-refractivity contribution in [2.75, 3.05) is 12.0 Å². The van der Waals surface area contributed by atoms with E-state index in [1.165, 1.54) is 17.6 Å². The summed E-state index contributed by atoms with van der Waals surface area (Å²) < 4.78 is 26.8. The maximum Gasteiger partial charge on any atom is 0.182 e. The van der Waals surface area contributed by atoms with Crippen molar-refractivity contribution in [3.05, 3.63) is 29.7 Å². The predicted molar refractivity (Wildman–Crippen MR) is 93.9 cm³/mol. The molecule has 4 aromatic rings. The normalized spacial score (nSPS) is 13.0. The third-order valence-electron chi connectivity index (χ3n) is 3.86. The second-order valence-corrected chi connectivity index (χ2v) is 7.65. The van der Waals surface area contributed by atoms with Gasteiger partial charge in [-0.1, -0.05) is 11.3 Å². The summed E-state index contributed by atoms with van der Waals surface area (Å²) in [4.78, 5) is 9.56. The van der Waals surface area contributed by atoms with E-state index in [4.69, 9.17) is 5.73 Å². The summed E-state index contributed by atoms with van der Waals surface area (Å²) in [5, 5.41) is 7.86. The monoisotopic (exact) mass is 361 g/mol. The summed E-state index contributed by atoms with van der Waals surface area (Å²) in [6.45, 7) is 1.65. The van der Waals surface area contributed by atoms with Gasteiger partial charge in [0.05, 0.1) is 28.2 Å². The van der Waals surface area contributed by atoms with E-state index in [1.807, 2.05) is 0 Å². The van der Waals surface area contributed by atoms with Crippen molar-refractivity contribution in [1.29, 1.82) is 0 Å². The van der Waals surface area contributed by atoms with E-state index in [-0.39, 0.29) is 4.90 Å². The Balaban J connectivity index is 2.08. The number of pyridine rings is 1. The molecule has 3 N–H and O–H groups in total. The van der Waals surface area contributed by atoms with Gasteiger partial charge in [-0.25, -0.2) is 14.4 Å². The Bertz CT molecular complexity index is 1130. The maximum absolute atomic E-state index is 14.8. The molecule has 0 saturated carbocycles. The fourth-order valence-corrected chi connectivity index (χ4v) is 4.37. The van der Waals surface area contributed by atoms with Gasteiger partial charge < -0.3 is 5.73 Å². The van der Waals surface area contributed by atoms with Crippen LogP contribution in [0, 0.1) is 12.7 Å². The molecule has 0 bridgehead atoms. The Hall–Kier alpha value is -2.39. The number of aromatic amines is 1. The Labute approximate surface area is 142 Å². The smallest absolute Gasteiger partial charge is 0.182 e. The molecule has 24 heavy (non-hydrogen) atoms. The van der Waals surface area contributed by atoms with Crippen molar-refractivity contribution >= 4 is 48.5 Å². The van der Waals surface area contributed by atoms with Crippen molar-refractivity contribution < 1.29 is 8.60 Å². The number of benzene rings is 1. The minimum absolute atomic E-state index is 0.131. The molecule has 0 aliphatic rings. The average Bonchev–Trinajstić information content (AvgIpc) is 3.12. The first-order valence-electron chi connectivity index (χ1n) is 6.99. The number of nitrogens with two attached hydrogens (primary N) is 1. The van der Waals surface area contributed by atoms with Gasteiger partial charge in [0.1, 0.15) is 21.1 Å². The Morgan fingerprint density at radius 3 is 2.88 bits per heavy atom. The summed E-state index contributed by atoms with van der Waals surface area (Å²) in [5.41, 5.74) is 8.46. The van der Waals surface area contributed by atoms with Gasteiger partial charge in [-0.3, -0.25) is 9.31 Å². The fraction of sp³-hybridized carbons (Fsp3) is 0.133. The summed E-state index contributed by atoms with van der Waals surface area (Å²) in [6.07, 6.45) is 3.04. The molecule has 3 aromatic heterocycles. The van der Waals surface area contributed by atoms with Crippen molar-refractivity contribution in [1.82, 2.24) is 20.2 Å². The zero-order valence-corrected chi connectivity index (χ0v) is 14.4. The van der Waals surface area contributed by atoms with Crippen LogP contribution >= 0.6 is 11.3 Å². The minimum atomic E-state index is -1.48. The van der Waals surface area contributed by atoms with E-state index >= 15 is 0 Å². The zero-order chi connectivity index (χ0) is 17.0. The molecule has 0 amide bonds. The number of rotatable bonds is 2. The second-order valence-electron chi connectivity index (χ2n) is 5.33. The van der Waals surface area contributed by atoms with E-state index < -0.39 is 16.6 Å². The number of nitrogens with zero attached hydrogens (tertiary/aromatic N) is 3. The fourth-order valence-electron chi connectivity index (χ4n) is 2.81. The van der Waals surface area contributed by atoms with Gasteiger partial charge in [0.15, 0.2) is 5.13 Å². The van der Waals surface area contributed by atoms with Gasteiger partial charge >= 0.3 is 0 Å². The van der Waals surface area contributed by atoms with Crippen LogP contribution in [-0.2, 0) is 10.8 Å². The van der Waals surface area contributed by atoms with E-state index in [1.54, 1.807) is 25.3 Å². The van der Waals surface area contributed by atoms with E-state index in [0.29, 0.717) is 43.2 Å². The van der Waals surface area contributed by atoms with Gasteiger partial charge in [-0.05, 0) is 24.6 Å². The number of halogens is 1. The molecule has 1 atom stereocenters. The first kappa shape index (κ1) is 15.2. The van der Waals surface area contributed by atoms with Gasteiger partial charge in [-0.2, -0.15) is 5.10 Å². The number of anilines is 1. The van der Waals surface area contributed by atoms with Crippen LogP contribution in [0.4, 0.5) is 9.52 Å². The van der Waals surface area contributed by atoms with Crippen LogP contribution in [0.25, 0.3) is 32.5 Å². The van der Waals surface area contributed by atoms with Crippen molar-refractivity contribution in [3.8, 4) is 11.3 Å². The van der Waals surface area contributed by atoms with Crippen LogP contribution in [0.5, 0.6) is 0 Å². The Morgan fingerprint density at radius 2 is 2.12 bits per heavy atom. The Morgan fingerprint density at radius 1 is 1.33 bits per heavy atom. The minimum Gasteiger partial charge on any atom is -0.375 e. The lowest BCUT2D eigenvalue weighted by Crippen LogP contribution is -2.01. The first-order chi connectivity index (χ1) is 11.5. The lowest BCUT2D eigenvalue weighted by Gasteiger charge is -2.11. The van der Waals surface area contributed by atoms with Crippen LogP contribution in [0.1, 0.15) is 5.56 Å². The van der Waals surface area contributed by atoms with E-state index in [9.17, 15) is 8.60 Å². The first-order valence-corrected chi connectivity index (χ1v) is 9.37. The third-order valence-corrected chi connectivity index (χ3v) is 5.61. The number of hydrogen-bond donors (Lipinski definition) is 2. The summed E-state index contributed by atoms with van der Waals surface area (Å²) in [6, 6.07) is 3.58. The van der Waals surface area contributed by atoms with Crippen LogP contribution in [0.15, 0.2) is 23.2 Å². The molecule has 6 nitrogen and oxygen atoms in total. The number of hydrogen-bond acceptors (Lipinski definition) is 6. The van der Waals surface area contributed by atoms with Crippen molar-refractivity contribution in [2.45, 2.75) is 11.8 Å². The predicted octanol–water partition coefficient (Wildman–Crippen LogP) is 3.00. The number of nitrogens with one attached hydrogen (secondary N) is 1. The highest BCUT2D eigenvalue weighted by atomic mass is 32.2. The quantitative estimate of drug-likeness (QED) is 0.572.